The first-order valence-electron chi connectivity index (χ1n) is 9.67. The van der Waals surface area contributed by atoms with Gasteiger partial charge in [-0.15, -0.1) is 0 Å². The molecule has 5 rings (SSSR count). The molecule has 0 spiro atoms. The second kappa shape index (κ2) is 7.21. The molecule has 1 fully saturated rings. The number of nitrogens with zero attached hydrogens (tertiary/aromatic N) is 6. The molecule has 0 unspecified atom stereocenters. The molecule has 8 nitrogen and oxygen atoms in total. The summed E-state index contributed by atoms with van der Waals surface area (Å²) in [5.74, 6) is 1.74. The maximum Gasteiger partial charge on any atom is 0.157 e. The Labute approximate surface area is 168 Å². The van der Waals surface area contributed by atoms with E-state index in [2.05, 4.69) is 24.4 Å². The Kier molecular flexibility index (Phi) is 4.40. The van der Waals surface area contributed by atoms with Crippen LogP contribution in [0.4, 0.5) is 5.82 Å². The number of ether oxygens (including phenoxy) is 1. The molecule has 1 saturated heterocycles. The van der Waals surface area contributed by atoms with E-state index in [1.165, 1.54) is 0 Å². The molecule has 4 heterocycles. The summed E-state index contributed by atoms with van der Waals surface area (Å²) < 4.78 is 9.39. The van der Waals surface area contributed by atoms with Gasteiger partial charge in [0.1, 0.15) is 11.6 Å². The molecular weight excluding hydrogens is 368 g/mol. The van der Waals surface area contributed by atoms with E-state index in [4.69, 9.17) is 4.74 Å². The number of hydrogen-bond acceptors (Lipinski definition) is 6. The maximum absolute atomic E-state index is 9.89. The molecule has 4 aromatic rings. The van der Waals surface area contributed by atoms with Gasteiger partial charge in [-0.2, -0.15) is 5.10 Å². The number of anilines is 1. The number of aromatic nitrogens is 5. The Morgan fingerprint density at radius 1 is 1.14 bits per heavy atom. The molecule has 1 aromatic carbocycles. The van der Waals surface area contributed by atoms with Gasteiger partial charge in [-0.1, -0.05) is 0 Å². The lowest BCUT2D eigenvalue weighted by Crippen LogP contribution is -2.37. The first kappa shape index (κ1) is 17.7. The van der Waals surface area contributed by atoms with Gasteiger partial charge in [0.25, 0.3) is 0 Å². The highest BCUT2D eigenvalue weighted by Crippen LogP contribution is 2.33. The predicted molar refractivity (Wildman–Crippen MR) is 110 cm³/mol. The number of rotatable bonds is 4. The molecule has 1 aliphatic rings. The van der Waals surface area contributed by atoms with Gasteiger partial charge in [-0.25, -0.2) is 9.67 Å². The Morgan fingerprint density at radius 3 is 2.76 bits per heavy atom. The van der Waals surface area contributed by atoms with Crippen LogP contribution in [0.1, 0.15) is 12.8 Å². The van der Waals surface area contributed by atoms with Gasteiger partial charge in [0, 0.05) is 37.1 Å². The lowest BCUT2D eigenvalue weighted by Gasteiger charge is -2.31. The molecule has 0 amide bonds. The Morgan fingerprint density at radius 2 is 2.00 bits per heavy atom. The molecule has 0 bridgehead atoms. The fraction of sp³-hybridized carbons (Fsp3) is 0.286. The van der Waals surface area contributed by atoms with Crippen molar-refractivity contribution in [3.8, 4) is 22.7 Å². The van der Waals surface area contributed by atoms with Gasteiger partial charge in [-0.05, 0) is 31.0 Å². The van der Waals surface area contributed by atoms with Crippen molar-refractivity contribution < 1.29 is 9.84 Å². The molecule has 29 heavy (non-hydrogen) atoms. The largest absolute Gasteiger partial charge is 0.497 e. The number of methoxy groups -OCH3 is 1. The van der Waals surface area contributed by atoms with Crippen LogP contribution in [0, 0.1) is 0 Å². The monoisotopic (exact) mass is 390 g/mol. The highest BCUT2D eigenvalue weighted by Gasteiger charge is 2.22. The van der Waals surface area contributed by atoms with E-state index in [1.807, 2.05) is 47.5 Å². The lowest BCUT2D eigenvalue weighted by atomic mass is 10.1. The summed E-state index contributed by atoms with van der Waals surface area (Å²) in [6.45, 7) is 1.57. The van der Waals surface area contributed by atoms with Crippen LogP contribution in [0.3, 0.4) is 0 Å². The molecule has 3 aromatic heterocycles. The molecule has 8 heteroatoms. The van der Waals surface area contributed by atoms with Crippen molar-refractivity contribution in [2.45, 2.75) is 18.9 Å². The average Bonchev–Trinajstić information content (AvgIpc) is 3.44. The minimum absolute atomic E-state index is 0.228. The van der Waals surface area contributed by atoms with Gasteiger partial charge in [0.15, 0.2) is 5.65 Å². The summed E-state index contributed by atoms with van der Waals surface area (Å²) in [6, 6.07) is 7.84. The fourth-order valence-electron chi connectivity index (χ4n) is 3.89. The fourth-order valence-corrected chi connectivity index (χ4v) is 3.89. The van der Waals surface area contributed by atoms with E-state index < -0.39 is 0 Å². The first-order chi connectivity index (χ1) is 14.2. The number of aliphatic hydroxyl groups excluding tert-OH is 1. The minimum atomic E-state index is -0.228. The normalized spacial score (nSPS) is 15.2. The summed E-state index contributed by atoms with van der Waals surface area (Å²) in [5.41, 5.74) is 3.64. The van der Waals surface area contributed by atoms with Crippen molar-refractivity contribution in [3.63, 3.8) is 0 Å². The second-order valence-electron chi connectivity index (χ2n) is 7.15. The summed E-state index contributed by atoms with van der Waals surface area (Å²) in [4.78, 5) is 11.2. The molecule has 1 aliphatic heterocycles. The number of benzene rings is 1. The van der Waals surface area contributed by atoms with Crippen molar-refractivity contribution in [3.05, 3.63) is 55.2 Å². The molecule has 148 valence electrons. The van der Waals surface area contributed by atoms with E-state index in [9.17, 15) is 5.11 Å². The number of hydrogen-bond donors (Lipinski definition) is 1. The molecule has 1 N–H and O–H groups in total. The topological polar surface area (TPSA) is 80.7 Å². The van der Waals surface area contributed by atoms with E-state index >= 15 is 0 Å². The van der Waals surface area contributed by atoms with Crippen LogP contribution in [-0.2, 0) is 0 Å². The quantitative estimate of drug-likeness (QED) is 0.577. The van der Waals surface area contributed by atoms with Gasteiger partial charge >= 0.3 is 0 Å². The number of piperidine rings is 1. The molecule has 0 radical (unpaired) electrons. The van der Waals surface area contributed by atoms with Crippen molar-refractivity contribution in [2.75, 3.05) is 25.1 Å². The standard InChI is InChI=1S/C21H22N6O2/c1-29-16-3-4-17(18(11-16)26-8-2-7-24-26)19-12-23-20-13-22-14-21(27(19)20)25-9-5-15(28)6-10-25/h2-4,7-8,11-15,28H,5-6,9-10H2,1H3. The highest BCUT2D eigenvalue weighted by atomic mass is 16.5. The first-order valence-corrected chi connectivity index (χ1v) is 9.67. The van der Waals surface area contributed by atoms with Crippen LogP contribution >= 0.6 is 0 Å². The highest BCUT2D eigenvalue weighted by molar-refractivity contribution is 5.75. The van der Waals surface area contributed by atoms with Crippen LogP contribution in [0.2, 0.25) is 0 Å². The predicted octanol–water partition coefficient (Wildman–Crippen LogP) is 2.55. The zero-order chi connectivity index (χ0) is 19.8. The summed E-state index contributed by atoms with van der Waals surface area (Å²) in [6.07, 6.45) is 10.4. The van der Waals surface area contributed by atoms with E-state index in [1.54, 1.807) is 19.5 Å². The molecular formula is C21H22N6O2. The Hall–Kier alpha value is -3.39. The average molecular weight is 390 g/mol. The number of aliphatic hydroxyl groups is 1. The smallest absolute Gasteiger partial charge is 0.157 e. The van der Waals surface area contributed by atoms with Gasteiger partial charge in [-0.3, -0.25) is 9.38 Å². The van der Waals surface area contributed by atoms with Crippen LogP contribution in [-0.4, -0.2) is 55.6 Å². The summed E-state index contributed by atoms with van der Waals surface area (Å²) in [7, 11) is 1.66. The molecule has 0 aliphatic carbocycles. The minimum Gasteiger partial charge on any atom is -0.497 e. The SMILES string of the molecule is COc1ccc(-c2cnc3cncc(N4CCC(O)CC4)n23)c(-n2cccn2)c1. The zero-order valence-corrected chi connectivity index (χ0v) is 16.1. The van der Waals surface area contributed by atoms with Gasteiger partial charge in [0.05, 0.1) is 43.2 Å². The van der Waals surface area contributed by atoms with Gasteiger partial charge in [0.2, 0.25) is 0 Å². The van der Waals surface area contributed by atoms with E-state index in [-0.39, 0.29) is 6.10 Å². The van der Waals surface area contributed by atoms with Crippen LogP contribution in [0.25, 0.3) is 22.6 Å². The van der Waals surface area contributed by atoms with Crippen LogP contribution in [0.5, 0.6) is 5.75 Å². The third-order valence-electron chi connectivity index (χ3n) is 5.42. The molecule has 0 saturated carbocycles. The second-order valence-corrected chi connectivity index (χ2v) is 7.15. The summed E-state index contributed by atoms with van der Waals surface area (Å²) in [5, 5.41) is 14.3. The molecule has 0 atom stereocenters. The Balaban J connectivity index is 1.69. The van der Waals surface area contributed by atoms with Crippen molar-refractivity contribution in [1.82, 2.24) is 24.1 Å². The number of imidazole rings is 1. The van der Waals surface area contributed by atoms with Crippen LogP contribution < -0.4 is 9.64 Å². The zero-order valence-electron chi connectivity index (χ0n) is 16.1. The van der Waals surface area contributed by atoms with E-state index in [0.717, 1.165) is 60.1 Å². The maximum atomic E-state index is 9.89. The van der Waals surface area contributed by atoms with Crippen molar-refractivity contribution in [2.24, 2.45) is 0 Å². The Bertz CT molecular complexity index is 1130. The number of fused-ring (bicyclic) bond motifs is 1. The van der Waals surface area contributed by atoms with Crippen molar-refractivity contribution >= 4 is 11.5 Å². The van der Waals surface area contributed by atoms with Crippen molar-refractivity contribution in [1.29, 1.82) is 0 Å². The van der Waals surface area contributed by atoms with Gasteiger partial charge < -0.3 is 14.7 Å². The summed E-state index contributed by atoms with van der Waals surface area (Å²) >= 11 is 0. The third-order valence-corrected chi connectivity index (χ3v) is 5.42. The third kappa shape index (κ3) is 3.11. The van der Waals surface area contributed by atoms with Crippen LogP contribution in [0.15, 0.2) is 55.2 Å². The van der Waals surface area contributed by atoms with E-state index in [0.29, 0.717) is 0 Å². The lowest BCUT2D eigenvalue weighted by molar-refractivity contribution is 0.145.